The van der Waals surface area contributed by atoms with E-state index in [1.807, 2.05) is 0 Å². The summed E-state index contributed by atoms with van der Waals surface area (Å²) in [6.07, 6.45) is -4.63. The number of anilines is 3. The highest BCUT2D eigenvalue weighted by atomic mass is 19.4. The molecule has 0 saturated heterocycles. The molecule has 1 amide bonds. The third kappa shape index (κ3) is 4.04. The van der Waals surface area contributed by atoms with Gasteiger partial charge in [0.05, 0.1) is 48.1 Å². The maximum Gasteiger partial charge on any atom is 0.416 e. The molecular formula is C23H19F4N3O3. The molecule has 0 saturated carbocycles. The first-order valence-corrected chi connectivity index (χ1v) is 9.80. The number of aromatic nitrogens is 1. The van der Waals surface area contributed by atoms with Crippen molar-refractivity contribution >= 4 is 23.0 Å². The summed E-state index contributed by atoms with van der Waals surface area (Å²) in [6.45, 7) is 1.60. The number of amides is 1. The number of hydrogen-bond donors (Lipinski definition) is 0. The molecule has 3 aromatic rings. The highest BCUT2D eigenvalue weighted by molar-refractivity contribution is 6.13. The monoisotopic (exact) mass is 461 g/mol. The van der Waals surface area contributed by atoms with Gasteiger partial charge in [-0.15, -0.1) is 0 Å². The fraction of sp³-hybridized carbons (Fsp3) is 0.217. The van der Waals surface area contributed by atoms with Gasteiger partial charge in [-0.25, -0.2) is 9.37 Å². The van der Waals surface area contributed by atoms with E-state index in [0.29, 0.717) is 22.9 Å². The standard InChI is InChI=1S/C23H19F4N3O3/c1-13-17(8-9-21(28-13)33-3)30-12-29(19-7-5-15(24)11-20(19)32-2)18-6-4-14(23(25,26)27)10-16(18)22(30)31/h4-11H,12H2,1-3H3. The number of alkyl halides is 3. The van der Waals surface area contributed by atoms with Gasteiger partial charge in [-0.2, -0.15) is 13.2 Å². The lowest BCUT2D eigenvalue weighted by Crippen LogP contribution is -2.45. The molecule has 0 bridgehead atoms. The molecule has 1 aliphatic rings. The molecule has 172 valence electrons. The zero-order chi connectivity index (χ0) is 23.9. The number of nitrogens with zero attached hydrogens (tertiary/aromatic N) is 3. The average Bonchev–Trinajstić information content (AvgIpc) is 2.79. The van der Waals surface area contributed by atoms with Crippen LogP contribution in [0.15, 0.2) is 48.5 Å². The Morgan fingerprint density at radius 3 is 2.24 bits per heavy atom. The van der Waals surface area contributed by atoms with Crippen LogP contribution in [0.5, 0.6) is 11.6 Å². The zero-order valence-electron chi connectivity index (χ0n) is 17.9. The van der Waals surface area contributed by atoms with Gasteiger partial charge in [-0.1, -0.05) is 0 Å². The number of halogens is 4. The summed E-state index contributed by atoms with van der Waals surface area (Å²) in [5.74, 6) is -0.663. The van der Waals surface area contributed by atoms with E-state index in [1.165, 1.54) is 43.4 Å². The molecule has 0 unspecified atom stereocenters. The number of methoxy groups -OCH3 is 2. The van der Waals surface area contributed by atoms with Crippen molar-refractivity contribution in [3.05, 3.63) is 71.2 Å². The lowest BCUT2D eigenvalue weighted by Gasteiger charge is -2.39. The minimum atomic E-state index is -4.63. The smallest absolute Gasteiger partial charge is 0.416 e. The van der Waals surface area contributed by atoms with Crippen molar-refractivity contribution in [2.75, 3.05) is 30.7 Å². The number of pyridine rings is 1. The maximum absolute atomic E-state index is 13.8. The first-order chi connectivity index (χ1) is 15.6. The second-order valence-electron chi connectivity index (χ2n) is 7.31. The van der Waals surface area contributed by atoms with E-state index in [4.69, 9.17) is 9.47 Å². The predicted molar refractivity (Wildman–Crippen MR) is 114 cm³/mol. The summed E-state index contributed by atoms with van der Waals surface area (Å²) in [6, 6.07) is 9.95. The fourth-order valence-corrected chi connectivity index (χ4v) is 3.74. The van der Waals surface area contributed by atoms with Crippen LogP contribution in [0.25, 0.3) is 0 Å². The molecule has 10 heteroatoms. The van der Waals surface area contributed by atoms with Crippen LogP contribution in [-0.4, -0.2) is 31.8 Å². The number of hydrogen-bond acceptors (Lipinski definition) is 5. The van der Waals surface area contributed by atoms with Crippen LogP contribution in [0.2, 0.25) is 0 Å². The van der Waals surface area contributed by atoms with Crippen LogP contribution >= 0.6 is 0 Å². The summed E-state index contributed by atoms with van der Waals surface area (Å²) < 4.78 is 64.4. The normalized spacial score (nSPS) is 13.7. The van der Waals surface area contributed by atoms with Crippen LogP contribution in [0.4, 0.5) is 34.6 Å². The molecular weight excluding hydrogens is 442 g/mol. The molecule has 1 aromatic heterocycles. The molecule has 33 heavy (non-hydrogen) atoms. The van der Waals surface area contributed by atoms with Crippen molar-refractivity contribution in [2.24, 2.45) is 0 Å². The van der Waals surface area contributed by atoms with Gasteiger partial charge in [0.2, 0.25) is 5.88 Å². The van der Waals surface area contributed by atoms with E-state index >= 15 is 0 Å². The quantitative estimate of drug-likeness (QED) is 0.492. The summed E-state index contributed by atoms with van der Waals surface area (Å²) in [5.41, 5.74) is 0.369. The molecule has 4 rings (SSSR count). The largest absolute Gasteiger partial charge is 0.494 e. The Morgan fingerprint density at radius 2 is 1.61 bits per heavy atom. The Bertz CT molecular complexity index is 1230. The summed E-state index contributed by atoms with van der Waals surface area (Å²) in [4.78, 5) is 20.5. The Labute approximate surface area is 187 Å². The highest BCUT2D eigenvalue weighted by Gasteiger charge is 2.37. The van der Waals surface area contributed by atoms with Crippen molar-refractivity contribution in [3.63, 3.8) is 0 Å². The van der Waals surface area contributed by atoms with Crippen LogP contribution in [0.3, 0.4) is 0 Å². The van der Waals surface area contributed by atoms with Crippen LogP contribution in [0.1, 0.15) is 21.6 Å². The minimum Gasteiger partial charge on any atom is -0.494 e. The molecule has 2 aromatic carbocycles. The molecule has 0 fully saturated rings. The van der Waals surface area contributed by atoms with Gasteiger partial charge in [-0.3, -0.25) is 9.69 Å². The summed E-state index contributed by atoms with van der Waals surface area (Å²) in [5, 5.41) is 0. The van der Waals surface area contributed by atoms with E-state index in [-0.39, 0.29) is 23.7 Å². The van der Waals surface area contributed by atoms with Gasteiger partial charge < -0.3 is 14.4 Å². The third-order valence-corrected chi connectivity index (χ3v) is 5.34. The molecule has 0 N–H and O–H groups in total. The summed E-state index contributed by atoms with van der Waals surface area (Å²) >= 11 is 0. The second kappa shape index (κ2) is 8.27. The summed E-state index contributed by atoms with van der Waals surface area (Å²) in [7, 11) is 2.81. The molecule has 0 aliphatic carbocycles. The number of benzene rings is 2. The lowest BCUT2D eigenvalue weighted by atomic mass is 10.0. The minimum absolute atomic E-state index is 0.0615. The maximum atomic E-state index is 13.8. The highest BCUT2D eigenvalue weighted by Crippen LogP contribution is 2.42. The van der Waals surface area contributed by atoms with Gasteiger partial charge in [0, 0.05) is 12.1 Å². The van der Waals surface area contributed by atoms with Crippen LogP contribution < -0.4 is 19.3 Å². The topological polar surface area (TPSA) is 54.9 Å². The predicted octanol–water partition coefficient (Wildman–Crippen LogP) is 5.32. The molecule has 0 atom stereocenters. The average molecular weight is 461 g/mol. The Balaban J connectivity index is 1.91. The van der Waals surface area contributed by atoms with E-state index < -0.39 is 23.5 Å². The van der Waals surface area contributed by atoms with Gasteiger partial charge >= 0.3 is 6.18 Å². The second-order valence-corrected chi connectivity index (χ2v) is 7.31. The van der Waals surface area contributed by atoms with Crippen molar-refractivity contribution < 1.29 is 31.8 Å². The number of aryl methyl sites for hydroxylation is 1. The van der Waals surface area contributed by atoms with Gasteiger partial charge in [0.25, 0.3) is 5.91 Å². The third-order valence-electron chi connectivity index (χ3n) is 5.34. The zero-order valence-corrected chi connectivity index (χ0v) is 17.9. The van der Waals surface area contributed by atoms with Gasteiger partial charge in [0.1, 0.15) is 18.2 Å². The fourth-order valence-electron chi connectivity index (χ4n) is 3.74. The molecule has 0 radical (unpaired) electrons. The lowest BCUT2D eigenvalue weighted by molar-refractivity contribution is -0.137. The molecule has 1 aliphatic heterocycles. The van der Waals surface area contributed by atoms with Crippen molar-refractivity contribution in [1.29, 1.82) is 0 Å². The Hall–Kier alpha value is -3.82. The number of fused-ring (bicyclic) bond motifs is 1. The first-order valence-electron chi connectivity index (χ1n) is 9.80. The van der Waals surface area contributed by atoms with Crippen molar-refractivity contribution in [1.82, 2.24) is 4.98 Å². The molecule has 2 heterocycles. The van der Waals surface area contributed by atoms with E-state index in [2.05, 4.69) is 4.98 Å². The number of carbonyl (C=O) groups is 1. The van der Waals surface area contributed by atoms with E-state index in [1.54, 1.807) is 24.0 Å². The molecule has 6 nitrogen and oxygen atoms in total. The number of ether oxygens (including phenoxy) is 2. The number of rotatable bonds is 4. The van der Waals surface area contributed by atoms with E-state index in [0.717, 1.165) is 12.1 Å². The van der Waals surface area contributed by atoms with Gasteiger partial charge in [0.15, 0.2) is 0 Å². The van der Waals surface area contributed by atoms with E-state index in [9.17, 15) is 22.4 Å². The van der Waals surface area contributed by atoms with Crippen LogP contribution in [-0.2, 0) is 6.18 Å². The molecule has 0 spiro atoms. The SMILES string of the molecule is COc1ccc(N2CN(c3ccc(F)cc3OC)c3ccc(C(F)(F)F)cc3C2=O)c(C)n1. The first kappa shape index (κ1) is 22.4. The van der Waals surface area contributed by atoms with Crippen molar-refractivity contribution in [3.8, 4) is 11.6 Å². The number of carbonyl (C=O) groups excluding carboxylic acids is 1. The van der Waals surface area contributed by atoms with Crippen molar-refractivity contribution in [2.45, 2.75) is 13.1 Å². The Morgan fingerprint density at radius 1 is 0.909 bits per heavy atom. The van der Waals surface area contributed by atoms with Gasteiger partial charge in [-0.05, 0) is 43.3 Å². The van der Waals surface area contributed by atoms with Crippen LogP contribution in [0, 0.1) is 12.7 Å². The Kier molecular flexibility index (Phi) is 5.61.